The third-order valence-electron chi connectivity index (χ3n) is 6.17. The lowest BCUT2D eigenvalue weighted by Crippen LogP contribution is -2.45. The van der Waals surface area contributed by atoms with Crippen LogP contribution in [0.15, 0.2) is 11.0 Å². The number of carbonyl (C=O) groups excluding carboxylic acids is 1. The number of hydrogen-bond donors (Lipinski definition) is 1. The number of carboxylic acids is 1. The van der Waals surface area contributed by atoms with Crippen molar-refractivity contribution in [3.05, 3.63) is 21.7 Å². The van der Waals surface area contributed by atoms with E-state index in [1.54, 1.807) is 6.08 Å². The molecule has 0 spiro atoms. The van der Waals surface area contributed by atoms with Crippen LogP contribution in [0.1, 0.15) is 70.5 Å². The van der Waals surface area contributed by atoms with Crippen molar-refractivity contribution in [2.45, 2.75) is 90.5 Å². The Morgan fingerprint density at radius 1 is 1.43 bits per heavy atom. The lowest BCUT2D eigenvalue weighted by atomic mass is 10.1. The monoisotopic (exact) mass is 452 g/mol. The molecule has 1 aromatic rings. The first-order chi connectivity index (χ1) is 13.9. The molecule has 30 heavy (non-hydrogen) atoms. The van der Waals surface area contributed by atoms with Gasteiger partial charge in [0.25, 0.3) is 0 Å². The number of amides is 1. The summed E-state index contributed by atoms with van der Waals surface area (Å²) in [5.41, 5.74) is 1.04. The molecule has 1 aromatic heterocycles. The van der Waals surface area contributed by atoms with Gasteiger partial charge in [-0.15, -0.1) is 11.3 Å². The Labute approximate surface area is 185 Å². The van der Waals surface area contributed by atoms with Crippen LogP contribution in [0.4, 0.5) is 0 Å². The number of likely N-dealkylation sites (tertiary alicyclic amines) is 1. The molecule has 1 saturated heterocycles. The molecule has 2 rings (SSSR count). The van der Waals surface area contributed by atoms with E-state index >= 15 is 0 Å². The summed E-state index contributed by atoms with van der Waals surface area (Å²) >= 11 is 1.47. The Bertz CT molecular complexity index is 782. The highest BCUT2D eigenvalue weighted by molar-refractivity contribution is 7.09. The van der Waals surface area contributed by atoms with Gasteiger partial charge in [0.1, 0.15) is 5.01 Å². The van der Waals surface area contributed by atoms with Gasteiger partial charge in [0, 0.05) is 17.4 Å². The molecule has 6 nitrogen and oxygen atoms in total. The number of unbranched alkanes of at least 4 members (excludes halogenated alkanes) is 1. The van der Waals surface area contributed by atoms with Crippen LogP contribution in [0.25, 0.3) is 6.08 Å². The van der Waals surface area contributed by atoms with Crippen molar-refractivity contribution in [2.24, 2.45) is 0 Å². The number of thiazole rings is 1. The predicted octanol–water partition coefficient (Wildman–Crippen LogP) is 5.31. The molecule has 0 saturated carbocycles. The van der Waals surface area contributed by atoms with Crippen LogP contribution in [-0.2, 0) is 20.6 Å². The molecular weight excluding hydrogens is 416 g/mol. The Kier molecular flexibility index (Phi) is 8.41. The number of nitrogens with zero attached hydrogens (tertiary/aromatic N) is 2. The second-order valence-corrected chi connectivity index (χ2v) is 15.3. The van der Waals surface area contributed by atoms with E-state index in [1.807, 2.05) is 17.2 Å². The normalized spacial score (nSPS) is 18.3. The van der Waals surface area contributed by atoms with E-state index < -0.39 is 14.3 Å². The van der Waals surface area contributed by atoms with Gasteiger partial charge in [-0.05, 0) is 43.5 Å². The van der Waals surface area contributed by atoms with Gasteiger partial charge in [-0.2, -0.15) is 0 Å². The average Bonchev–Trinajstić information content (AvgIpc) is 3.23. The van der Waals surface area contributed by atoms with Crippen molar-refractivity contribution >= 4 is 37.6 Å². The molecule has 0 radical (unpaired) electrons. The van der Waals surface area contributed by atoms with Crippen LogP contribution < -0.4 is 0 Å². The van der Waals surface area contributed by atoms with Gasteiger partial charge in [0.15, 0.2) is 8.32 Å². The van der Waals surface area contributed by atoms with Gasteiger partial charge < -0.3 is 14.4 Å². The van der Waals surface area contributed by atoms with Gasteiger partial charge >= 0.3 is 5.97 Å². The van der Waals surface area contributed by atoms with E-state index in [4.69, 9.17) is 4.43 Å². The molecule has 8 heteroatoms. The molecule has 2 heterocycles. The molecule has 1 aliphatic heterocycles. The first-order valence-electron chi connectivity index (χ1n) is 10.8. The van der Waals surface area contributed by atoms with Gasteiger partial charge in [0.2, 0.25) is 5.91 Å². The minimum Gasteiger partial charge on any atom is -0.478 e. The second-order valence-electron chi connectivity index (χ2n) is 9.53. The summed E-state index contributed by atoms with van der Waals surface area (Å²) in [5.74, 6) is -0.754. The molecule has 1 N–H and O–H groups in total. The topological polar surface area (TPSA) is 79.7 Å². The predicted molar refractivity (Wildman–Crippen MR) is 124 cm³/mol. The number of aromatic nitrogens is 1. The summed E-state index contributed by atoms with van der Waals surface area (Å²) in [5, 5.41) is 12.2. The number of hydrogen-bond acceptors (Lipinski definition) is 5. The highest BCUT2D eigenvalue weighted by Gasteiger charge is 2.39. The maximum Gasteiger partial charge on any atom is 0.331 e. The van der Waals surface area contributed by atoms with Crippen molar-refractivity contribution in [2.75, 3.05) is 6.61 Å². The molecule has 0 unspecified atom stereocenters. The van der Waals surface area contributed by atoms with E-state index in [2.05, 4.69) is 38.8 Å². The van der Waals surface area contributed by atoms with Crippen LogP contribution >= 0.6 is 11.3 Å². The third kappa shape index (κ3) is 6.49. The number of carboxylic acid groups (broad SMARTS) is 1. The highest BCUT2D eigenvalue weighted by atomic mass is 32.1. The Morgan fingerprint density at radius 2 is 2.13 bits per heavy atom. The smallest absolute Gasteiger partial charge is 0.331 e. The molecule has 1 aliphatic rings. The van der Waals surface area contributed by atoms with Crippen LogP contribution in [0.5, 0.6) is 0 Å². The summed E-state index contributed by atoms with van der Waals surface area (Å²) in [6, 6.07) is 0.0775. The second kappa shape index (κ2) is 10.2. The zero-order valence-electron chi connectivity index (χ0n) is 19.2. The fourth-order valence-corrected chi connectivity index (χ4v) is 4.89. The molecule has 168 valence electrons. The lowest BCUT2D eigenvalue weighted by Gasteiger charge is -2.38. The van der Waals surface area contributed by atoms with Crippen LogP contribution in [0.2, 0.25) is 18.1 Å². The van der Waals surface area contributed by atoms with Crippen molar-refractivity contribution in [3.63, 3.8) is 0 Å². The molecule has 0 aromatic carbocycles. The van der Waals surface area contributed by atoms with E-state index in [-0.39, 0.29) is 17.0 Å². The van der Waals surface area contributed by atoms with Gasteiger partial charge in [-0.3, -0.25) is 4.79 Å². The molecule has 0 bridgehead atoms. The van der Waals surface area contributed by atoms with E-state index in [0.717, 1.165) is 24.3 Å². The van der Waals surface area contributed by atoms with Crippen molar-refractivity contribution < 1.29 is 19.1 Å². The molecule has 1 atom stereocenters. The summed E-state index contributed by atoms with van der Waals surface area (Å²) in [7, 11) is -1.87. The lowest BCUT2D eigenvalue weighted by molar-refractivity contribution is -0.133. The minimum absolute atomic E-state index is 0.0775. The van der Waals surface area contributed by atoms with Gasteiger partial charge in [-0.25, -0.2) is 9.78 Å². The van der Waals surface area contributed by atoms with Crippen LogP contribution in [-0.4, -0.2) is 47.8 Å². The SMILES string of the molecule is CCCCC(=Cc1csc(CN2C(=O)CC[C@@H]2CO[Si](C)(C)C(C)(C)C)n1)C(=O)O. The first-order valence-corrected chi connectivity index (χ1v) is 14.5. The Morgan fingerprint density at radius 3 is 2.73 bits per heavy atom. The van der Waals surface area contributed by atoms with E-state index in [9.17, 15) is 14.7 Å². The zero-order valence-corrected chi connectivity index (χ0v) is 21.0. The zero-order chi connectivity index (χ0) is 22.5. The standard InChI is InChI=1S/C22H36N2O4SSi/c1-7-8-9-16(21(26)27)12-17-15-29-19(23-17)13-24-18(10-11-20(24)25)14-28-30(5,6)22(2,3)4/h12,15,18H,7-11,13-14H2,1-6H3,(H,26,27)/t18-/m1/s1. The summed E-state index contributed by atoms with van der Waals surface area (Å²) < 4.78 is 6.37. The van der Waals surface area contributed by atoms with Crippen molar-refractivity contribution in [3.8, 4) is 0 Å². The average molecular weight is 453 g/mol. The summed E-state index contributed by atoms with van der Waals surface area (Å²) in [6.07, 6.45) is 5.34. The van der Waals surface area contributed by atoms with Gasteiger partial charge in [0.05, 0.1) is 24.9 Å². The fourth-order valence-electron chi connectivity index (χ4n) is 3.10. The maximum absolute atomic E-state index is 12.5. The van der Waals surface area contributed by atoms with E-state index in [1.165, 1.54) is 11.3 Å². The number of aliphatic carboxylic acids is 1. The Balaban J connectivity index is 2.05. The summed E-state index contributed by atoms with van der Waals surface area (Å²) in [6.45, 7) is 14.2. The maximum atomic E-state index is 12.5. The minimum atomic E-state index is -1.87. The largest absolute Gasteiger partial charge is 0.478 e. The molecule has 1 amide bonds. The quantitative estimate of drug-likeness (QED) is 0.384. The first kappa shape index (κ1) is 24.8. The third-order valence-corrected chi connectivity index (χ3v) is 11.5. The number of rotatable bonds is 10. The highest BCUT2D eigenvalue weighted by Crippen LogP contribution is 2.37. The molecular formula is C22H36N2O4SSi. The number of carbonyl (C=O) groups is 2. The van der Waals surface area contributed by atoms with Crippen molar-refractivity contribution in [1.82, 2.24) is 9.88 Å². The van der Waals surface area contributed by atoms with E-state index in [0.29, 0.717) is 37.3 Å². The fraction of sp³-hybridized carbons (Fsp3) is 0.682. The Hall–Kier alpha value is -1.51. The van der Waals surface area contributed by atoms with Crippen molar-refractivity contribution in [1.29, 1.82) is 0 Å². The van der Waals surface area contributed by atoms with Gasteiger partial charge in [-0.1, -0.05) is 34.1 Å². The van der Waals surface area contributed by atoms with Crippen LogP contribution in [0, 0.1) is 0 Å². The molecule has 0 aliphatic carbocycles. The summed E-state index contributed by atoms with van der Waals surface area (Å²) in [4.78, 5) is 30.4. The molecule has 1 fully saturated rings. The van der Waals surface area contributed by atoms with Crippen LogP contribution in [0.3, 0.4) is 0 Å².